The van der Waals surface area contributed by atoms with E-state index in [9.17, 15) is 0 Å². The molecule has 3 aromatic rings. The van der Waals surface area contributed by atoms with Gasteiger partial charge in [0.25, 0.3) is 0 Å². The summed E-state index contributed by atoms with van der Waals surface area (Å²) in [5, 5.41) is 5.00. The van der Waals surface area contributed by atoms with Crippen LogP contribution in [0.2, 0.25) is 0 Å². The molecule has 0 amide bonds. The molecule has 2 heterocycles. The fourth-order valence-electron chi connectivity index (χ4n) is 3.94. The second-order valence-corrected chi connectivity index (χ2v) is 6.16. The normalized spacial score (nSPS) is 16.1. The van der Waals surface area contributed by atoms with Crippen LogP contribution in [0.3, 0.4) is 0 Å². The highest BCUT2D eigenvalue weighted by Gasteiger charge is 2.25. The summed E-state index contributed by atoms with van der Waals surface area (Å²) < 4.78 is 2.50. The number of nitrogens with zero attached hydrogens (tertiary/aromatic N) is 1. The third-order valence-electron chi connectivity index (χ3n) is 4.92. The third-order valence-corrected chi connectivity index (χ3v) is 4.92. The summed E-state index contributed by atoms with van der Waals surface area (Å²) in [7, 11) is 0. The first-order chi connectivity index (χ1) is 10.9. The van der Waals surface area contributed by atoms with Gasteiger partial charge in [-0.3, -0.25) is 0 Å². The highest BCUT2D eigenvalue weighted by Crippen LogP contribution is 2.37. The van der Waals surface area contributed by atoms with Gasteiger partial charge >= 0.3 is 0 Å². The summed E-state index contributed by atoms with van der Waals surface area (Å²) in [6.07, 6.45) is 4.65. The van der Waals surface area contributed by atoms with Crippen LogP contribution in [-0.4, -0.2) is 11.1 Å². The van der Waals surface area contributed by atoms with E-state index < -0.39 is 0 Å². The molecule has 2 aliphatic rings. The summed E-state index contributed by atoms with van der Waals surface area (Å²) in [6.45, 7) is 2.09. The Morgan fingerprint density at radius 1 is 0.955 bits per heavy atom. The molecule has 2 heteroatoms. The summed E-state index contributed by atoms with van der Waals surface area (Å²) >= 11 is 0. The number of hydrogen-bond acceptors (Lipinski definition) is 1. The Hall–Kier alpha value is -2.48. The Balaban J connectivity index is 1.79. The lowest BCUT2D eigenvalue weighted by Gasteiger charge is -2.24. The first-order valence-electron chi connectivity index (χ1n) is 8.07. The second kappa shape index (κ2) is 4.51. The molecule has 22 heavy (non-hydrogen) atoms. The maximum absolute atomic E-state index is 3.56. The van der Waals surface area contributed by atoms with Crippen molar-refractivity contribution < 1.29 is 0 Å². The van der Waals surface area contributed by atoms with Crippen molar-refractivity contribution in [2.45, 2.75) is 19.4 Å². The van der Waals surface area contributed by atoms with E-state index in [4.69, 9.17) is 0 Å². The van der Waals surface area contributed by atoms with Crippen molar-refractivity contribution in [2.75, 3.05) is 6.54 Å². The van der Waals surface area contributed by atoms with Gasteiger partial charge in [0.15, 0.2) is 0 Å². The Kier molecular flexibility index (Phi) is 2.48. The van der Waals surface area contributed by atoms with Crippen molar-refractivity contribution in [3.8, 4) is 11.1 Å². The number of aromatic nitrogens is 1. The molecule has 5 rings (SSSR count). The second-order valence-electron chi connectivity index (χ2n) is 6.16. The van der Waals surface area contributed by atoms with Crippen LogP contribution in [0.5, 0.6) is 0 Å². The van der Waals surface area contributed by atoms with Gasteiger partial charge in [-0.25, -0.2) is 0 Å². The van der Waals surface area contributed by atoms with Gasteiger partial charge in [0.1, 0.15) is 0 Å². The van der Waals surface area contributed by atoms with E-state index in [0.29, 0.717) is 0 Å². The Morgan fingerprint density at radius 3 is 2.77 bits per heavy atom. The minimum Gasteiger partial charge on any atom is -0.382 e. The van der Waals surface area contributed by atoms with Gasteiger partial charge in [-0.2, -0.15) is 0 Å². The van der Waals surface area contributed by atoms with Crippen LogP contribution >= 0.6 is 0 Å². The minimum absolute atomic E-state index is 1.03. The Morgan fingerprint density at radius 2 is 1.86 bits per heavy atom. The molecule has 1 aliphatic heterocycles. The van der Waals surface area contributed by atoms with Crippen molar-refractivity contribution in [1.82, 2.24) is 9.88 Å². The molecule has 1 aliphatic carbocycles. The van der Waals surface area contributed by atoms with E-state index in [0.717, 1.165) is 25.9 Å². The monoisotopic (exact) mass is 286 g/mol. The van der Waals surface area contributed by atoms with Gasteiger partial charge in [0.2, 0.25) is 0 Å². The molecule has 0 unspecified atom stereocenters. The van der Waals surface area contributed by atoms with Gasteiger partial charge in [0.05, 0.1) is 11.4 Å². The number of allylic oxidation sites excluding steroid dienone is 1. The molecular formula is C20H18N2. The number of nitrogens with one attached hydrogen (secondary N) is 1. The smallest absolute Gasteiger partial charge is 0.0683 e. The average molecular weight is 286 g/mol. The van der Waals surface area contributed by atoms with E-state index in [-0.39, 0.29) is 0 Å². The zero-order valence-corrected chi connectivity index (χ0v) is 12.5. The molecule has 0 bridgehead atoms. The Bertz CT molecular complexity index is 900. The van der Waals surface area contributed by atoms with Gasteiger partial charge in [-0.05, 0) is 41.7 Å². The molecule has 0 spiro atoms. The zero-order valence-electron chi connectivity index (χ0n) is 12.5. The van der Waals surface area contributed by atoms with E-state index in [1.807, 2.05) is 0 Å². The molecule has 1 N–H and O–H groups in total. The predicted octanol–water partition coefficient (Wildman–Crippen LogP) is 4.20. The first-order valence-corrected chi connectivity index (χ1v) is 8.07. The van der Waals surface area contributed by atoms with Crippen molar-refractivity contribution in [3.05, 3.63) is 65.9 Å². The lowest BCUT2D eigenvalue weighted by atomic mass is 9.96. The van der Waals surface area contributed by atoms with Gasteiger partial charge in [-0.15, -0.1) is 0 Å². The minimum atomic E-state index is 1.03. The SMILES string of the molecule is C1=C2NCCn3c2c(c2cc(-c4ccccc4)ccc23)CC1. The molecule has 1 aromatic heterocycles. The molecule has 0 saturated carbocycles. The van der Waals surface area contributed by atoms with Crippen LogP contribution in [0.1, 0.15) is 17.7 Å². The van der Waals surface area contributed by atoms with E-state index in [1.54, 1.807) is 0 Å². The van der Waals surface area contributed by atoms with E-state index >= 15 is 0 Å². The number of fused-ring (bicyclic) bond motifs is 3. The quantitative estimate of drug-likeness (QED) is 0.709. The summed E-state index contributed by atoms with van der Waals surface area (Å²) in [4.78, 5) is 0. The van der Waals surface area contributed by atoms with Crippen molar-refractivity contribution in [1.29, 1.82) is 0 Å². The maximum Gasteiger partial charge on any atom is 0.0683 e. The lowest BCUT2D eigenvalue weighted by Crippen LogP contribution is -2.28. The Labute approximate surface area is 130 Å². The summed E-state index contributed by atoms with van der Waals surface area (Å²) in [5.41, 5.74) is 8.29. The van der Waals surface area contributed by atoms with Gasteiger partial charge in [-0.1, -0.05) is 42.5 Å². The van der Waals surface area contributed by atoms with Crippen LogP contribution in [-0.2, 0) is 13.0 Å². The van der Waals surface area contributed by atoms with Gasteiger partial charge < -0.3 is 9.88 Å². The number of aryl methyl sites for hydroxylation is 1. The highest BCUT2D eigenvalue weighted by molar-refractivity contribution is 5.94. The largest absolute Gasteiger partial charge is 0.382 e. The van der Waals surface area contributed by atoms with Crippen molar-refractivity contribution in [3.63, 3.8) is 0 Å². The van der Waals surface area contributed by atoms with Crippen molar-refractivity contribution >= 4 is 16.6 Å². The molecule has 2 aromatic carbocycles. The van der Waals surface area contributed by atoms with Crippen LogP contribution in [0.15, 0.2) is 54.6 Å². The maximum atomic E-state index is 3.56. The van der Waals surface area contributed by atoms with Crippen molar-refractivity contribution in [2.24, 2.45) is 0 Å². The third kappa shape index (κ3) is 1.61. The summed E-state index contributed by atoms with van der Waals surface area (Å²) in [5.74, 6) is 0. The fraction of sp³-hybridized carbons (Fsp3) is 0.200. The molecule has 2 nitrogen and oxygen atoms in total. The van der Waals surface area contributed by atoms with Crippen LogP contribution in [0.4, 0.5) is 0 Å². The number of rotatable bonds is 1. The molecule has 0 fully saturated rings. The fourth-order valence-corrected chi connectivity index (χ4v) is 3.94. The number of benzene rings is 2. The number of hydrogen-bond donors (Lipinski definition) is 1. The van der Waals surface area contributed by atoms with Crippen LogP contribution < -0.4 is 5.32 Å². The average Bonchev–Trinajstić information content (AvgIpc) is 2.92. The topological polar surface area (TPSA) is 17.0 Å². The zero-order chi connectivity index (χ0) is 14.5. The molecular weight excluding hydrogens is 268 g/mol. The first kappa shape index (κ1) is 12.1. The molecule has 0 saturated heterocycles. The summed E-state index contributed by atoms with van der Waals surface area (Å²) in [6, 6.07) is 17.6. The van der Waals surface area contributed by atoms with E-state index in [1.165, 1.54) is 39.0 Å². The van der Waals surface area contributed by atoms with E-state index in [2.05, 4.69) is 64.5 Å². The van der Waals surface area contributed by atoms with Crippen LogP contribution in [0, 0.1) is 0 Å². The highest BCUT2D eigenvalue weighted by atomic mass is 15.1. The molecule has 108 valence electrons. The van der Waals surface area contributed by atoms with Crippen LogP contribution in [0.25, 0.3) is 27.7 Å². The predicted molar refractivity (Wildman–Crippen MR) is 91.7 cm³/mol. The molecule has 0 radical (unpaired) electrons. The molecule has 0 atom stereocenters. The lowest BCUT2D eigenvalue weighted by molar-refractivity contribution is 0.632. The van der Waals surface area contributed by atoms with Gasteiger partial charge in [0, 0.05) is 24.0 Å². The standard InChI is InChI=1S/C20H18N2/c1-2-5-14(6-3-1)15-9-10-19-17(13-15)16-7-4-8-18-20(16)22(19)12-11-21-18/h1-3,5-6,8-10,13,21H,4,7,11-12H2.